The van der Waals surface area contributed by atoms with Gasteiger partial charge in [-0.15, -0.1) is 0 Å². The third-order valence-corrected chi connectivity index (χ3v) is 7.04. The topological polar surface area (TPSA) is 99.2 Å². The van der Waals surface area contributed by atoms with Gasteiger partial charge in [-0.3, -0.25) is 5.10 Å². The van der Waals surface area contributed by atoms with Crippen LogP contribution in [0.3, 0.4) is 0 Å². The monoisotopic (exact) mass is 530 g/mol. The standard InChI is InChI=1S/C18H21N3O2.C13H21N3/c1-4-13(9-12(2)3)16-19-17(21-20-16)14-5-7-15(8-6-14)18(22)10-23-11-18;1-2-12-5-6-13(15-11-12)14-7-10-16-8-3-4-9-16/h4-9,22H,10-11H2,1-3H3,(H,19,20,21);5-6,11H,2-4,7-10H2,1H3,(H,14,15)/b13-4+;. The number of hydrogen-bond acceptors (Lipinski definition) is 7. The molecule has 0 unspecified atom stereocenters. The maximum absolute atomic E-state index is 10.3. The Morgan fingerprint density at radius 1 is 1.13 bits per heavy atom. The number of anilines is 1. The van der Waals surface area contributed by atoms with Crippen LogP contribution in [0.4, 0.5) is 5.82 Å². The fourth-order valence-electron chi connectivity index (χ4n) is 4.60. The summed E-state index contributed by atoms with van der Waals surface area (Å²) in [6.07, 6.45) is 9.82. The van der Waals surface area contributed by atoms with Crippen molar-refractivity contribution in [2.75, 3.05) is 44.7 Å². The number of likely N-dealkylation sites (tertiary alicyclic amines) is 1. The quantitative estimate of drug-likeness (QED) is 0.327. The second-order valence-electron chi connectivity index (χ2n) is 10.5. The summed E-state index contributed by atoms with van der Waals surface area (Å²) in [5, 5.41) is 20.9. The van der Waals surface area contributed by atoms with E-state index in [0.717, 1.165) is 47.9 Å². The van der Waals surface area contributed by atoms with E-state index in [1.807, 2.05) is 57.3 Å². The number of rotatable bonds is 9. The van der Waals surface area contributed by atoms with Crippen molar-refractivity contribution in [3.63, 3.8) is 0 Å². The number of nitrogens with zero attached hydrogens (tertiary/aromatic N) is 4. The number of aliphatic hydroxyl groups is 1. The first-order valence-electron chi connectivity index (χ1n) is 14.0. The molecular weight excluding hydrogens is 488 g/mol. The van der Waals surface area contributed by atoms with Crippen molar-refractivity contribution in [2.45, 2.75) is 52.6 Å². The van der Waals surface area contributed by atoms with E-state index in [0.29, 0.717) is 19.0 Å². The predicted molar refractivity (Wildman–Crippen MR) is 157 cm³/mol. The van der Waals surface area contributed by atoms with Crippen molar-refractivity contribution in [1.82, 2.24) is 25.1 Å². The molecule has 0 spiro atoms. The third-order valence-electron chi connectivity index (χ3n) is 7.04. The maximum atomic E-state index is 10.3. The van der Waals surface area contributed by atoms with Crippen LogP contribution in [-0.2, 0) is 16.8 Å². The minimum atomic E-state index is -0.843. The van der Waals surface area contributed by atoms with Gasteiger partial charge in [0.15, 0.2) is 11.6 Å². The summed E-state index contributed by atoms with van der Waals surface area (Å²) < 4.78 is 5.09. The molecule has 2 aromatic heterocycles. The predicted octanol–water partition coefficient (Wildman–Crippen LogP) is 5.21. The Bertz CT molecular complexity index is 1230. The van der Waals surface area contributed by atoms with Gasteiger partial charge in [-0.25, -0.2) is 9.97 Å². The first kappa shape index (κ1) is 28.7. The van der Waals surface area contributed by atoms with Crippen LogP contribution in [0, 0.1) is 0 Å². The molecular formula is C31H42N6O2. The van der Waals surface area contributed by atoms with Gasteiger partial charge in [0.2, 0.25) is 0 Å². The highest BCUT2D eigenvalue weighted by Crippen LogP contribution is 2.30. The van der Waals surface area contributed by atoms with Crippen LogP contribution in [0.25, 0.3) is 17.0 Å². The van der Waals surface area contributed by atoms with Crippen LogP contribution in [-0.4, -0.2) is 69.6 Å². The molecule has 0 radical (unpaired) electrons. The summed E-state index contributed by atoms with van der Waals surface area (Å²) in [5.74, 6) is 2.39. The zero-order valence-electron chi connectivity index (χ0n) is 23.7. The highest BCUT2D eigenvalue weighted by molar-refractivity contribution is 5.71. The number of aryl methyl sites for hydroxylation is 1. The molecule has 0 atom stereocenters. The van der Waals surface area contributed by atoms with Crippen LogP contribution < -0.4 is 5.32 Å². The third kappa shape index (κ3) is 7.85. The van der Waals surface area contributed by atoms with Crippen molar-refractivity contribution in [2.24, 2.45) is 0 Å². The number of H-pyrrole nitrogens is 1. The molecule has 39 heavy (non-hydrogen) atoms. The lowest BCUT2D eigenvalue weighted by atomic mass is 9.91. The Morgan fingerprint density at radius 2 is 1.87 bits per heavy atom. The van der Waals surface area contributed by atoms with Gasteiger partial charge >= 0.3 is 0 Å². The Labute approximate surface area is 232 Å². The van der Waals surface area contributed by atoms with Gasteiger partial charge in [0.1, 0.15) is 11.4 Å². The van der Waals surface area contributed by atoms with Crippen molar-refractivity contribution < 1.29 is 9.84 Å². The van der Waals surface area contributed by atoms with E-state index in [9.17, 15) is 5.11 Å². The number of ether oxygens (including phenoxy) is 1. The van der Waals surface area contributed by atoms with Gasteiger partial charge in [-0.1, -0.05) is 55.0 Å². The second kappa shape index (κ2) is 13.6. The molecule has 1 aromatic carbocycles. The number of benzene rings is 1. The normalized spacial score (nSPS) is 16.7. The molecule has 0 amide bonds. The lowest BCUT2D eigenvalue weighted by Crippen LogP contribution is -2.46. The molecule has 5 rings (SSSR count). The van der Waals surface area contributed by atoms with Gasteiger partial charge in [-0.2, -0.15) is 5.10 Å². The molecule has 0 bridgehead atoms. The molecule has 0 aliphatic carbocycles. The summed E-state index contributed by atoms with van der Waals surface area (Å²) >= 11 is 0. The van der Waals surface area contributed by atoms with E-state index in [1.165, 1.54) is 37.1 Å². The Hall–Kier alpha value is -3.33. The van der Waals surface area contributed by atoms with Gasteiger partial charge in [0, 0.05) is 30.4 Å². The van der Waals surface area contributed by atoms with E-state index < -0.39 is 5.60 Å². The number of hydrogen-bond donors (Lipinski definition) is 3. The fourth-order valence-corrected chi connectivity index (χ4v) is 4.60. The van der Waals surface area contributed by atoms with Crippen molar-refractivity contribution in [1.29, 1.82) is 0 Å². The molecule has 8 nitrogen and oxygen atoms in total. The number of aromatic nitrogens is 4. The smallest absolute Gasteiger partial charge is 0.181 e. The molecule has 2 aliphatic heterocycles. The summed E-state index contributed by atoms with van der Waals surface area (Å²) in [6.45, 7) is 13.6. The summed E-state index contributed by atoms with van der Waals surface area (Å²) in [5.41, 5.74) is 4.45. The van der Waals surface area contributed by atoms with Crippen molar-refractivity contribution in [3.8, 4) is 11.4 Å². The molecule has 208 valence electrons. The van der Waals surface area contributed by atoms with E-state index in [2.05, 4.69) is 55.5 Å². The molecule has 0 saturated carbocycles. The Balaban J connectivity index is 0.000000193. The molecule has 3 aromatic rings. The van der Waals surface area contributed by atoms with Crippen LogP contribution in [0.15, 0.2) is 60.3 Å². The lowest BCUT2D eigenvalue weighted by Gasteiger charge is -2.36. The molecule has 2 saturated heterocycles. The molecule has 8 heteroatoms. The van der Waals surface area contributed by atoms with Crippen LogP contribution in [0.5, 0.6) is 0 Å². The SMILES string of the molecule is C/C=C(\C=C(C)C)c1nc(-c2ccc(C3(O)COC3)cc2)n[nH]1.CCc1ccc(NCCN2CCCC2)nc1. The number of aromatic amines is 1. The van der Waals surface area contributed by atoms with Gasteiger partial charge in [0.05, 0.1) is 13.2 Å². The molecule has 2 fully saturated rings. The zero-order valence-corrected chi connectivity index (χ0v) is 23.7. The van der Waals surface area contributed by atoms with Crippen LogP contribution >= 0.6 is 0 Å². The van der Waals surface area contributed by atoms with Crippen molar-refractivity contribution >= 4 is 11.4 Å². The molecule has 3 N–H and O–H groups in total. The van der Waals surface area contributed by atoms with E-state index >= 15 is 0 Å². The minimum absolute atomic E-state index is 0.352. The van der Waals surface area contributed by atoms with E-state index in [1.54, 1.807) is 0 Å². The van der Waals surface area contributed by atoms with Crippen LogP contribution in [0.1, 0.15) is 57.5 Å². The minimum Gasteiger partial charge on any atom is -0.380 e. The Kier molecular flexibility index (Phi) is 10.0. The van der Waals surface area contributed by atoms with Gasteiger partial charge in [-0.05, 0) is 70.3 Å². The zero-order chi connectivity index (χ0) is 27.7. The highest BCUT2D eigenvalue weighted by atomic mass is 16.5. The fraction of sp³-hybridized carbons (Fsp3) is 0.452. The van der Waals surface area contributed by atoms with Gasteiger partial charge < -0.3 is 20.1 Å². The Morgan fingerprint density at radius 3 is 2.44 bits per heavy atom. The molecule has 2 aliphatic rings. The highest BCUT2D eigenvalue weighted by Gasteiger charge is 2.37. The van der Waals surface area contributed by atoms with Crippen LogP contribution in [0.2, 0.25) is 0 Å². The maximum Gasteiger partial charge on any atom is 0.181 e. The average Bonchev–Trinajstić information content (AvgIpc) is 3.64. The largest absolute Gasteiger partial charge is 0.380 e. The first-order chi connectivity index (χ1) is 18.9. The summed E-state index contributed by atoms with van der Waals surface area (Å²) in [4.78, 5) is 11.5. The number of nitrogens with one attached hydrogen (secondary N) is 2. The van der Waals surface area contributed by atoms with Crippen molar-refractivity contribution in [3.05, 3.63) is 77.3 Å². The van der Waals surface area contributed by atoms with Gasteiger partial charge in [0.25, 0.3) is 0 Å². The summed E-state index contributed by atoms with van der Waals surface area (Å²) in [7, 11) is 0. The number of allylic oxidation sites excluding steroid dienone is 4. The summed E-state index contributed by atoms with van der Waals surface area (Å²) in [6, 6.07) is 11.9. The van der Waals surface area contributed by atoms with E-state index in [4.69, 9.17) is 4.74 Å². The second-order valence-corrected chi connectivity index (χ2v) is 10.5. The number of pyridine rings is 1. The molecule has 4 heterocycles. The van der Waals surface area contributed by atoms with E-state index in [-0.39, 0.29) is 0 Å². The average molecular weight is 531 g/mol. The first-order valence-corrected chi connectivity index (χ1v) is 14.0. The lowest BCUT2D eigenvalue weighted by molar-refractivity contribution is -0.184.